The molecule has 0 saturated heterocycles. The van der Waals surface area contributed by atoms with Gasteiger partial charge in [0.05, 0.1) is 0 Å². The van der Waals surface area contributed by atoms with Crippen LogP contribution in [0.15, 0.2) is 165 Å². The molecule has 0 bridgehead atoms. The molecule has 0 nitrogen and oxygen atoms in total. The Morgan fingerprint density at radius 3 is 0.755 bits per heavy atom. The van der Waals surface area contributed by atoms with Crippen LogP contribution in [0.5, 0.6) is 0 Å². The fourth-order valence-corrected chi connectivity index (χ4v) is 18.7. The maximum Gasteiger partial charge on any atom is 0.0362 e. The smallest absolute Gasteiger partial charge is 0.0362 e. The molecule has 0 radical (unpaired) electrons. The standard InChI is InChI=1S/C48H24S5/c1-5-13-37-25(9-1)29-21-45-33(17-41(29)49-37)34-18-42-30(26-10-2-6-14-38(26)50-42)22-46(34)53(45)47-23-31-27-11-3-7-15-39(27)51-43(31)19-35(47)36-20-44-32(24-48(36)53)28-12-4-8-16-40(28)52-44/h1-24H. The molecule has 12 aromatic rings. The van der Waals surface area contributed by atoms with E-state index in [1.165, 1.54) is 123 Å². The van der Waals surface area contributed by atoms with Gasteiger partial charge in [-0.15, -0.1) is 55.4 Å². The van der Waals surface area contributed by atoms with Gasteiger partial charge in [-0.05, 0) is 95.1 Å². The zero-order chi connectivity index (χ0) is 34.2. The maximum absolute atomic E-state index is 2.63. The first kappa shape index (κ1) is 28.5. The second kappa shape index (κ2) is 9.74. The third-order valence-electron chi connectivity index (χ3n) is 11.8. The average Bonchev–Trinajstić information content (AvgIpc) is 4.02. The molecule has 4 aromatic heterocycles. The van der Waals surface area contributed by atoms with Gasteiger partial charge in [-0.25, -0.2) is 0 Å². The largest absolute Gasteiger partial charge is 0.135 e. The van der Waals surface area contributed by atoms with Gasteiger partial charge in [-0.3, -0.25) is 0 Å². The minimum atomic E-state index is -1.90. The van der Waals surface area contributed by atoms with Gasteiger partial charge < -0.3 is 0 Å². The van der Waals surface area contributed by atoms with Crippen LogP contribution >= 0.6 is 55.4 Å². The van der Waals surface area contributed by atoms with Crippen molar-refractivity contribution in [1.29, 1.82) is 0 Å². The summed E-state index contributed by atoms with van der Waals surface area (Å²) < 4.78 is 10.9. The summed E-state index contributed by atoms with van der Waals surface area (Å²) in [5.41, 5.74) is 5.66. The summed E-state index contributed by atoms with van der Waals surface area (Å²) in [6.45, 7) is 0. The molecule has 0 unspecified atom stereocenters. The lowest BCUT2D eigenvalue weighted by Crippen LogP contribution is -1.98. The average molecular weight is 761 g/mol. The van der Waals surface area contributed by atoms with Gasteiger partial charge in [0.1, 0.15) is 0 Å². The fraction of sp³-hybridized carbons (Fsp3) is 0. The van der Waals surface area contributed by atoms with Gasteiger partial charge in [0.2, 0.25) is 0 Å². The van der Waals surface area contributed by atoms with Gasteiger partial charge in [-0.1, -0.05) is 72.8 Å². The Kier molecular flexibility index (Phi) is 5.24. The highest BCUT2D eigenvalue weighted by Gasteiger charge is 2.49. The van der Waals surface area contributed by atoms with Crippen LogP contribution in [-0.2, 0) is 0 Å². The molecule has 8 aromatic carbocycles. The van der Waals surface area contributed by atoms with Crippen molar-refractivity contribution in [2.24, 2.45) is 0 Å². The molecule has 0 saturated carbocycles. The van der Waals surface area contributed by atoms with Crippen LogP contribution in [-0.4, -0.2) is 0 Å². The van der Waals surface area contributed by atoms with E-state index in [-0.39, 0.29) is 0 Å². The Hall–Kier alpha value is -5.01. The van der Waals surface area contributed by atoms with E-state index >= 15 is 0 Å². The number of benzene rings is 8. The Morgan fingerprint density at radius 1 is 0.245 bits per heavy atom. The molecule has 0 aliphatic carbocycles. The van der Waals surface area contributed by atoms with Crippen molar-refractivity contribution >= 4 is 136 Å². The zero-order valence-corrected chi connectivity index (χ0v) is 32.0. The second-order valence-electron chi connectivity index (χ2n) is 14.4. The van der Waals surface area contributed by atoms with Crippen LogP contribution in [0.1, 0.15) is 0 Å². The summed E-state index contributed by atoms with van der Waals surface area (Å²) in [7, 11) is -1.90. The van der Waals surface area contributed by atoms with E-state index in [1.54, 1.807) is 0 Å². The fourth-order valence-electron chi connectivity index (χ4n) is 9.57. The first-order chi connectivity index (χ1) is 26.2. The first-order valence-corrected chi connectivity index (χ1v) is 22.8. The first-order valence-electron chi connectivity index (χ1n) is 17.9. The van der Waals surface area contributed by atoms with Gasteiger partial charge >= 0.3 is 0 Å². The highest BCUT2D eigenvalue weighted by molar-refractivity contribution is 8.34. The molecule has 0 N–H and O–H groups in total. The highest BCUT2D eigenvalue weighted by Crippen LogP contribution is 2.86. The molecule has 0 fully saturated rings. The molecule has 5 heteroatoms. The summed E-state index contributed by atoms with van der Waals surface area (Å²) in [5.74, 6) is 0. The van der Waals surface area contributed by atoms with E-state index in [9.17, 15) is 0 Å². The minimum absolute atomic E-state index is 1.36. The third-order valence-corrected chi connectivity index (χ3v) is 20.3. The Labute approximate surface area is 321 Å². The molecule has 6 heterocycles. The van der Waals surface area contributed by atoms with E-state index in [0.717, 1.165) is 0 Å². The summed E-state index contributed by atoms with van der Waals surface area (Å²) in [6.07, 6.45) is 0. The van der Waals surface area contributed by atoms with Crippen LogP contribution in [0.3, 0.4) is 0 Å². The van der Waals surface area contributed by atoms with Crippen molar-refractivity contribution in [3.05, 3.63) is 146 Å². The molecular weight excluding hydrogens is 737 g/mol. The highest BCUT2D eigenvalue weighted by atomic mass is 32.3. The van der Waals surface area contributed by atoms with Crippen LogP contribution < -0.4 is 0 Å². The Balaban J connectivity index is 1.23. The van der Waals surface area contributed by atoms with Crippen molar-refractivity contribution in [2.75, 3.05) is 0 Å². The molecular formula is C48H24S5. The van der Waals surface area contributed by atoms with Crippen LogP contribution in [0.2, 0.25) is 0 Å². The maximum atomic E-state index is 2.63. The van der Waals surface area contributed by atoms with E-state index in [1.807, 2.05) is 45.3 Å². The van der Waals surface area contributed by atoms with Crippen molar-refractivity contribution in [3.8, 4) is 22.3 Å². The molecule has 246 valence electrons. The zero-order valence-electron chi connectivity index (χ0n) is 27.9. The van der Waals surface area contributed by atoms with Gasteiger partial charge in [0.15, 0.2) is 0 Å². The van der Waals surface area contributed by atoms with Crippen molar-refractivity contribution in [1.82, 2.24) is 0 Å². The summed E-state index contributed by atoms with van der Waals surface area (Å²) in [5, 5.41) is 11.0. The normalized spacial score (nSPS) is 14.8. The van der Waals surface area contributed by atoms with E-state index < -0.39 is 10.0 Å². The van der Waals surface area contributed by atoms with Crippen LogP contribution in [0.4, 0.5) is 0 Å². The molecule has 14 rings (SSSR count). The second-order valence-corrected chi connectivity index (χ2v) is 21.7. The third kappa shape index (κ3) is 3.41. The monoisotopic (exact) mass is 760 g/mol. The lowest BCUT2D eigenvalue weighted by atomic mass is 10.0. The quantitative estimate of drug-likeness (QED) is 0.144. The Morgan fingerprint density at radius 2 is 0.491 bits per heavy atom. The topological polar surface area (TPSA) is 0 Å². The number of fused-ring (bicyclic) bond motifs is 22. The molecule has 0 atom stereocenters. The SMILES string of the molecule is c1ccc2c(c1)sc1cc3c(cc12)S1(c2cc4c(cc2-3)sc2ccccc24)c2cc3c(cc2-c2cc4sc5ccccc5c4cc21)sc1ccccc13. The van der Waals surface area contributed by atoms with E-state index in [2.05, 4.69) is 146 Å². The molecule has 0 amide bonds. The predicted molar refractivity (Wildman–Crippen MR) is 236 cm³/mol. The van der Waals surface area contributed by atoms with Crippen LogP contribution in [0, 0.1) is 0 Å². The lowest BCUT2D eigenvalue weighted by molar-refractivity contribution is 1.40. The Bertz CT molecular complexity index is 3160. The van der Waals surface area contributed by atoms with E-state index in [4.69, 9.17) is 0 Å². The van der Waals surface area contributed by atoms with Crippen molar-refractivity contribution in [3.63, 3.8) is 0 Å². The van der Waals surface area contributed by atoms with Gasteiger partial charge in [-0.2, -0.15) is 0 Å². The van der Waals surface area contributed by atoms with E-state index in [0.29, 0.717) is 0 Å². The van der Waals surface area contributed by atoms with Crippen molar-refractivity contribution < 1.29 is 0 Å². The lowest BCUT2D eigenvalue weighted by Gasteiger charge is -2.36. The molecule has 2 aliphatic heterocycles. The van der Waals surface area contributed by atoms with Crippen molar-refractivity contribution in [2.45, 2.75) is 19.6 Å². The summed E-state index contributed by atoms with van der Waals surface area (Å²) >= 11 is 7.74. The molecule has 1 spiro atoms. The molecule has 53 heavy (non-hydrogen) atoms. The van der Waals surface area contributed by atoms with Crippen LogP contribution in [0.25, 0.3) is 103 Å². The summed E-state index contributed by atoms with van der Waals surface area (Å²) in [6, 6.07) is 56.8. The van der Waals surface area contributed by atoms with Gasteiger partial charge in [0.25, 0.3) is 0 Å². The minimum Gasteiger partial charge on any atom is -0.135 e. The number of hydrogen-bond acceptors (Lipinski definition) is 4. The molecule has 2 aliphatic rings. The number of rotatable bonds is 0. The number of hydrogen-bond donors (Lipinski definition) is 0. The summed E-state index contributed by atoms with van der Waals surface area (Å²) in [4.78, 5) is 6.01. The predicted octanol–water partition coefficient (Wildman–Crippen LogP) is 16.5. The number of thiophene rings is 4. The van der Waals surface area contributed by atoms with Gasteiger partial charge in [0, 0.05) is 100 Å².